The fourth-order valence-electron chi connectivity index (χ4n) is 2.75. The van der Waals surface area contributed by atoms with Crippen LogP contribution in [0.1, 0.15) is 32.6 Å². The summed E-state index contributed by atoms with van der Waals surface area (Å²) < 4.78 is 10.5. The summed E-state index contributed by atoms with van der Waals surface area (Å²) >= 11 is 5.42. The van der Waals surface area contributed by atoms with Crippen molar-refractivity contribution in [1.29, 1.82) is 0 Å². The summed E-state index contributed by atoms with van der Waals surface area (Å²) in [5.74, 6) is 2.15. The summed E-state index contributed by atoms with van der Waals surface area (Å²) in [5.41, 5.74) is 0.868. The molecular weight excluding hydrogens is 284 g/mol. The molecule has 0 aromatic heterocycles. The molecule has 21 heavy (non-hydrogen) atoms. The van der Waals surface area contributed by atoms with Crippen LogP contribution in [0.4, 0.5) is 5.69 Å². The molecule has 0 heterocycles. The van der Waals surface area contributed by atoms with E-state index in [-0.39, 0.29) is 0 Å². The van der Waals surface area contributed by atoms with Crippen LogP contribution in [0.2, 0.25) is 0 Å². The molecule has 2 atom stereocenters. The summed E-state index contributed by atoms with van der Waals surface area (Å²) in [4.78, 5) is 0. The van der Waals surface area contributed by atoms with Crippen LogP contribution < -0.4 is 20.1 Å². The van der Waals surface area contributed by atoms with Crippen molar-refractivity contribution in [2.75, 3.05) is 19.5 Å². The number of nitrogens with one attached hydrogen (secondary N) is 2. The van der Waals surface area contributed by atoms with Crippen molar-refractivity contribution in [2.24, 2.45) is 5.92 Å². The van der Waals surface area contributed by atoms with Crippen molar-refractivity contribution in [2.45, 2.75) is 38.6 Å². The minimum atomic E-state index is 0.464. The second-order valence-electron chi connectivity index (χ2n) is 5.57. The van der Waals surface area contributed by atoms with E-state index < -0.39 is 0 Å². The molecule has 1 aliphatic carbocycles. The van der Waals surface area contributed by atoms with Gasteiger partial charge in [0.05, 0.1) is 14.2 Å². The third kappa shape index (κ3) is 4.49. The minimum absolute atomic E-state index is 0.464. The number of hydrogen-bond acceptors (Lipinski definition) is 3. The molecule has 4 nitrogen and oxygen atoms in total. The lowest BCUT2D eigenvalue weighted by Gasteiger charge is -2.30. The van der Waals surface area contributed by atoms with Gasteiger partial charge in [-0.3, -0.25) is 0 Å². The predicted molar refractivity (Wildman–Crippen MR) is 90.3 cm³/mol. The van der Waals surface area contributed by atoms with Crippen molar-refractivity contribution in [3.63, 3.8) is 0 Å². The van der Waals surface area contributed by atoms with Gasteiger partial charge in [0.25, 0.3) is 0 Å². The summed E-state index contributed by atoms with van der Waals surface area (Å²) in [6.45, 7) is 2.29. The Morgan fingerprint density at radius 3 is 2.29 bits per heavy atom. The zero-order valence-electron chi connectivity index (χ0n) is 12.9. The second kappa shape index (κ2) is 7.50. The van der Waals surface area contributed by atoms with E-state index >= 15 is 0 Å². The molecule has 1 fully saturated rings. The SMILES string of the molecule is COc1cc(NC(=S)N[C@H]2CCCC[C@@H]2C)cc(OC)c1. The number of ether oxygens (including phenoxy) is 2. The van der Waals surface area contributed by atoms with Gasteiger partial charge in [-0.2, -0.15) is 0 Å². The van der Waals surface area contributed by atoms with Gasteiger partial charge in [-0.15, -0.1) is 0 Å². The van der Waals surface area contributed by atoms with Crippen LogP contribution in [0.5, 0.6) is 11.5 Å². The predicted octanol–water partition coefficient (Wildman–Crippen LogP) is 3.57. The maximum Gasteiger partial charge on any atom is 0.171 e. The van der Waals surface area contributed by atoms with Crippen LogP contribution in [0.3, 0.4) is 0 Å². The molecule has 0 radical (unpaired) electrons. The Labute approximate surface area is 132 Å². The Hall–Kier alpha value is -1.49. The highest BCUT2D eigenvalue weighted by Crippen LogP contribution is 2.26. The standard InChI is InChI=1S/C16H24N2O2S/c1-11-6-4-5-7-15(11)18-16(21)17-12-8-13(19-2)10-14(9-12)20-3/h8-11,15H,4-7H2,1-3H3,(H2,17,18,21)/t11-,15-/m0/s1. The first kappa shape index (κ1) is 15.9. The largest absolute Gasteiger partial charge is 0.497 e. The molecule has 1 aromatic rings. The van der Waals surface area contributed by atoms with Crippen molar-refractivity contribution in [3.8, 4) is 11.5 Å². The molecular formula is C16H24N2O2S. The van der Waals surface area contributed by atoms with Gasteiger partial charge in [-0.1, -0.05) is 19.8 Å². The van der Waals surface area contributed by atoms with Gasteiger partial charge in [0.15, 0.2) is 5.11 Å². The molecule has 1 saturated carbocycles. The first-order chi connectivity index (χ1) is 10.1. The number of rotatable bonds is 4. The van der Waals surface area contributed by atoms with Crippen LogP contribution >= 0.6 is 12.2 Å². The Bertz CT molecular complexity index is 471. The molecule has 1 aliphatic rings. The second-order valence-corrected chi connectivity index (χ2v) is 5.98. The zero-order chi connectivity index (χ0) is 15.2. The lowest BCUT2D eigenvalue weighted by molar-refractivity contribution is 0.309. The van der Waals surface area contributed by atoms with Crippen LogP contribution in [0, 0.1) is 5.92 Å². The Balaban J connectivity index is 1.98. The van der Waals surface area contributed by atoms with Gasteiger partial charge < -0.3 is 20.1 Å². The zero-order valence-corrected chi connectivity index (χ0v) is 13.8. The van der Waals surface area contributed by atoms with E-state index in [0.29, 0.717) is 17.1 Å². The van der Waals surface area contributed by atoms with Crippen molar-refractivity contribution >= 4 is 23.0 Å². The minimum Gasteiger partial charge on any atom is -0.497 e. The summed E-state index contributed by atoms with van der Waals surface area (Å²) in [7, 11) is 3.28. The van der Waals surface area contributed by atoms with E-state index in [4.69, 9.17) is 21.7 Å². The van der Waals surface area contributed by atoms with Gasteiger partial charge in [0.1, 0.15) is 11.5 Å². The van der Waals surface area contributed by atoms with E-state index in [9.17, 15) is 0 Å². The van der Waals surface area contributed by atoms with Gasteiger partial charge in [0, 0.05) is 29.9 Å². The van der Waals surface area contributed by atoms with Crippen molar-refractivity contribution in [1.82, 2.24) is 5.32 Å². The molecule has 0 spiro atoms. The third-order valence-electron chi connectivity index (χ3n) is 4.04. The van der Waals surface area contributed by atoms with Crippen LogP contribution in [0.15, 0.2) is 18.2 Å². The van der Waals surface area contributed by atoms with Crippen LogP contribution in [-0.4, -0.2) is 25.4 Å². The molecule has 2 rings (SSSR count). The number of hydrogen-bond donors (Lipinski definition) is 2. The molecule has 0 unspecified atom stereocenters. The maximum absolute atomic E-state index is 5.42. The van der Waals surface area contributed by atoms with E-state index in [1.165, 1.54) is 25.7 Å². The van der Waals surface area contributed by atoms with Crippen molar-refractivity contribution in [3.05, 3.63) is 18.2 Å². The van der Waals surface area contributed by atoms with Crippen LogP contribution in [-0.2, 0) is 0 Å². The van der Waals surface area contributed by atoms with E-state index in [1.54, 1.807) is 14.2 Å². The van der Waals surface area contributed by atoms with E-state index in [1.807, 2.05) is 18.2 Å². The topological polar surface area (TPSA) is 42.5 Å². The van der Waals surface area contributed by atoms with E-state index in [2.05, 4.69) is 17.6 Å². The van der Waals surface area contributed by atoms with Gasteiger partial charge in [0.2, 0.25) is 0 Å². The molecule has 0 saturated heterocycles. The third-order valence-corrected chi connectivity index (χ3v) is 4.26. The monoisotopic (exact) mass is 308 g/mol. The Morgan fingerprint density at radius 2 is 1.71 bits per heavy atom. The average Bonchev–Trinajstić information content (AvgIpc) is 2.49. The smallest absolute Gasteiger partial charge is 0.171 e. The Kier molecular flexibility index (Phi) is 5.67. The molecule has 0 amide bonds. The highest BCUT2D eigenvalue weighted by atomic mass is 32.1. The first-order valence-electron chi connectivity index (χ1n) is 7.43. The summed E-state index contributed by atoms with van der Waals surface area (Å²) in [6.07, 6.45) is 5.06. The molecule has 2 N–H and O–H groups in total. The number of anilines is 1. The summed E-state index contributed by atoms with van der Waals surface area (Å²) in [5, 5.41) is 7.31. The lowest BCUT2D eigenvalue weighted by Crippen LogP contribution is -2.43. The van der Waals surface area contributed by atoms with Gasteiger partial charge in [-0.25, -0.2) is 0 Å². The molecule has 0 bridgehead atoms. The highest BCUT2D eigenvalue weighted by molar-refractivity contribution is 7.80. The maximum atomic E-state index is 5.42. The average molecular weight is 308 g/mol. The molecule has 5 heteroatoms. The first-order valence-corrected chi connectivity index (χ1v) is 7.84. The number of thiocarbonyl (C=S) groups is 1. The fourth-order valence-corrected chi connectivity index (χ4v) is 3.02. The fraction of sp³-hybridized carbons (Fsp3) is 0.562. The van der Waals surface area contributed by atoms with Crippen LogP contribution in [0.25, 0.3) is 0 Å². The number of benzene rings is 1. The van der Waals surface area contributed by atoms with Gasteiger partial charge >= 0.3 is 0 Å². The summed E-state index contributed by atoms with van der Waals surface area (Å²) in [6, 6.07) is 6.11. The van der Waals surface area contributed by atoms with Crippen molar-refractivity contribution < 1.29 is 9.47 Å². The van der Waals surface area contributed by atoms with E-state index in [0.717, 1.165) is 17.2 Å². The quantitative estimate of drug-likeness (QED) is 0.832. The van der Waals surface area contributed by atoms with Gasteiger partial charge in [-0.05, 0) is 31.0 Å². The highest BCUT2D eigenvalue weighted by Gasteiger charge is 2.21. The normalized spacial score (nSPS) is 21.5. The molecule has 1 aromatic carbocycles. The molecule has 116 valence electrons. The number of methoxy groups -OCH3 is 2. The lowest BCUT2D eigenvalue weighted by atomic mass is 9.86. The molecule has 0 aliphatic heterocycles. The Morgan fingerprint density at radius 1 is 1.10 bits per heavy atom.